The van der Waals surface area contributed by atoms with Gasteiger partial charge in [0.15, 0.2) is 9.84 Å². The third kappa shape index (κ3) is 3.40. The van der Waals surface area contributed by atoms with Gasteiger partial charge in [0.1, 0.15) is 11.2 Å². The van der Waals surface area contributed by atoms with Crippen molar-refractivity contribution in [2.45, 2.75) is 12.3 Å². The van der Waals surface area contributed by atoms with Crippen molar-refractivity contribution in [3.05, 3.63) is 55.4 Å². The highest BCUT2D eigenvalue weighted by Gasteiger charge is 2.19. The van der Waals surface area contributed by atoms with Gasteiger partial charge in [-0.25, -0.2) is 8.42 Å². The Hall–Kier alpha value is -1.35. The summed E-state index contributed by atoms with van der Waals surface area (Å²) in [5, 5.41) is 2.42. The molecule has 0 unspecified atom stereocenters. The Balaban J connectivity index is 2.48. The molecule has 104 valence electrons. The standard InChI is InChI=1S/C14H11ClO3S2/c1-20(17,18)12-4-2-10(3-5-12)13(6-7-16)14-8-11(15)9-19-14/h2,4,7-9,13H,6H2,1H3/t13-/m1/s1. The normalized spacial score (nSPS) is 15.7. The molecular weight excluding hydrogens is 316 g/mol. The van der Waals surface area contributed by atoms with Crippen molar-refractivity contribution in [3.8, 4) is 0 Å². The van der Waals surface area contributed by atoms with Gasteiger partial charge >= 0.3 is 0 Å². The maximum atomic E-state index is 11.4. The minimum atomic E-state index is -3.29. The molecule has 0 amide bonds. The van der Waals surface area contributed by atoms with Crippen LogP contribution in [0.4, 0.5) is 0 Å². The van der Waals surface area contributed by atoms with Crippen LogP contribution in [-0.2, 0) is 14.6 Å². The molecule has 0 radical (unpaired) electrons. The summed E-state index contributed by atoms with van der Waals surface area (Å²) in [6.45, 7) is 0. The highest BCUT2D eigenvalue weighted by Crippen LogP contribution is 2.34. The van der Waals surface area contributed by atoms with E-state index in [1.807, 2.05) is 0 Å². The summed E-state index contributed by atoms with van der Waals surface area (Å²) in [5.41, 5.74) is 6.20. The molecule has 1 aromatic rings. The lowest BCUT2D eigenvalue weighted by Gasteiger charge is -2.12. The summed E-state index contributed by atoms with van der Waals surface area (Å²) >= 11 is 7.36. The number of thiophene rings is 1. The van der Waals surface area contributed by atoms with E-state index < -0.39 is 9.84 Å². The van der Waals surface area contributed by atoms with Gasteiger partial charge in [0.05, 0.1) is 5.02 Å². The van der Waals surface area contributed by atoms with Crippen molar-refractivity contribution in [2.75, 3.05) is 6.26 Å². The van der Waals surface area contributed by atoms with Gasteiger partial charge in [0, 0.05) is 34.4 Å². The van der Waals surface area contributed by atoms with Crippen LogP contribution in [-0.4, -0.2) is 21.0 Å². The highest BCUT2D eigenvalue weighted by atomic mass is 35.5. The van der Waals surface area contributed by atoms with Gasteiger partial charge in [-0.3, -0.25) is 0 Å². The van der Waals surface area contributed by atoms with Crippen molar-refractivity contribution in [3.63, 3.8) is 0 Å². The minimum Gasteiger partial charge on any atom is -0.303 e. The van der Waals surface area contributed by atoms with E-state index in [1.54, 1.807) is 17.5 Å². The van der Waals surface area contributed by atoms with Gasteiger partial charge in [0.25, 0.3) is 0 Å². The number of carbonyl (C=O) groups excluding carboxylic acids is 1. The van der Waals surface area contributed by atoms with Gasteiger partial charge in [-0.05, 0) is 23.9 Å². The topological polar surface area (TPSA) is 51.2 Å². The zero-order chi connectivity index (χ0) is 14.8. The van der Waals surface area contributed by atoms with Crippen molar-refractivity contribution in [1.82, 2.24) is 0 Å². The van der Waals surface area contributed by atoms with Crippen molar-refractivity contribution < 1.29 is 13.2 Å². The zero-order valence-corrected chi connectivity index (χ0v) is 13.0. The molecule has 1 aliphatic carbocycles. The number of hydrogen-bond donors (Lipinski definition) is 0. The highest BCUT2D eigenvalue weighted by molar-refractivity contribution is 7.94. The average Bonchev–Trinajstić information content (AvgIpc) is 2.81. The minimum absolute atomic E-state index is 0.0929. The van der Waals surface area contributed by atoms with E-state index in [4.69, 9.17) is 11.6 Å². The first-order valence-corrected chi connectivity index (χ1v) is 8.88. The Morgan fingerprint density at radius 2 is 2.15 bits per heavy atom. The molecule has 20 heavy (non-hydrogen) atoms. The monoisotopic (exact) mass is 326 g/mol. The summed E-state index contributed by atoms with van der Waals surface area (Å²) < 4.78 is 22.8. The van der Waals surface area contributed by atoms with E-state index in [-0.39, 0.29) is 10.8 Å². The smallest absolute Gasteiger partial charge is 0.183 e. The second kappa shape index (κ2) is 5.96. The van der Waals surface area contributed by atoms with E-state index in [0.29, 0.717) is 11.4 Å². The molecule has 0 spiro atoms. The van der Waals surface area contributed by atoms with E-state index in [1.165, 1.54) is 17.4 Å². The van der Waals surface area contributed by atoms with Crippen LogP contribution in [0.25, 0.3) is 0 Å². The largest absolute Gasteiger partial charge is 0.303 e. The molecule has 1 atom stereocenters. The molecule has 0 N–H and O–H groups in total. The van der Waals surface area contributed by atoms with E-state index in [2.05, 4.69) is 11.5 Å². The average molecular weight is 327 g/mol. The van der Waals surface area contributed by atoms with Crippen LogP contribution in [0.2, 0.25) is 5.02 Å². The molecule has 3 nitrogen and oxygen atoms in total. The number of carbonyl (C=O) groups is 1. The molecule has 0 fully saturated rings. The molecule has 1 heterocycles. The summed E-state index contributed by atoms with van der Waals surface area (Å²) in [4.78, 5) is 11.9. The lowest BCUT2D eigenvalue weighted by Crippen LogP contribution is -2.03. The van der Waals surface area contributed by atoms with E-state index in [9.17, 15) is 13.2 Å². The first-order chi connectivity index (χ1) is 9.41. The number of hydrogen-bond acceptors (Lipinski definition) is 4. The van der Waals surface area contributed by atoms with Crippen molar-refractivity contribution in [1.29, 1.82) is 0 Å². The van der Waals surface area contributed by atoms with Crippen LogP contribution in [0.5, 0.6) is 0 Å². The Labute approximate surface area is 126 Å². The van der Waals surface area contributed by atoms with Crippen LogP contribution in [0.1, 0.15) is 17.2 Å². The Bertz CT molecular complexity index is 771. The van der Waals surface area contributed by atoms with Crippen LogP contribution < -0.4 is 0 Å². The first kappa shape index (κ1) is 15.0. The van der Waals surface area contributed by atoms with E-state index >= 15 is 0 Å². The van der Waals surface area contributed by atoms with Gasteiger partial charge in [0.2, 0.25) is 0 Å². The Morgan fingerprint density at radius 1 is 1.40 bits per heavy atom. The van der Waals surface area contributed by atoms with Crippen LogP contribution >= 0.6 is 22.9 Å². The number of rotatable bonds is 5. The molecule has 1 aromatic heterocycles. The quantitative estimate of drug-likeness (QED) is 0.616. The molecular formula is C14H11ClO3S2. The summed E-state index contributed by atoms with van der Waals surface area (Å²) in [5.74, 6) is -0.171. The van der Waals surface area contributed by atoms with Crippen LogP contribution in [0, 0.1) is 0 Å². The van der Waals surface area contributed by atoms with Gasteiger partial charge in [-0.1, -0.05) is 17.3 Å². The molecule has 0 aliphatic heterocycles. The molecule has 1 aliphatic rings. The molecule has 0 aromatic carbocycles. The van der Waals surface area contributed by atoms with Crippen LogP contribution in [0.15, 0.2) is 45.5 Å². The number of allylic oxidation sites excluding steroid dienone is 3. The zero-order valence-electron chi connectivity index (χ0n) is 10.6. The predicted molar refractivity (Wildman–Crippen MR) is 80.8 cm³/mol. The van der Waals surface area contributed by atoms with E-state index in [0.717, 1.165) is 23.0 Å². The second-order valence-electron chi connectivity index (χ2n) is 4.30. The Kier molecular flexibility index (Phi) is 4.48. The number of sulfone groups is 1. The van der Waals surface area contributed by atoms with Crippen molar-refractivity contribution in [2.24, 2.45) is 0 Å². The number of halogens is 1. The molecule has 0 saturated heterocycles. The first-order valence-electron chi connectivity index (χ1n) is 5.73. The molecule has 0 saturated carbocycles. The SMILES string of the molecule is CS(=O)(=O)C1=C=C=C([C@@H](CC=O)c2cc(Cl)cs2)C=C1. The van der Waals surface area contributed by atoms with Gasteiger partial charge in [-0.2, -0.15) is 0 Å². The molecule has 6 heteroatoms. The number of aldehydes is 1. The van der Waals surface area contributed by atoms with Gasteiger partial charge < -0.3 is 4.79 Å². The summed E-state index contributed by atoms with van der Waals surface area (Å²) in [6.07, 6.45) is 5.38. The summed E-state index contributed by atoms with van der Waals surface area (Å²) in [7, 11) is -3.29. The third-order valence-electron chi connectivity index (χ3n) is 2.78. The predicted octanol–water partition coefficient (Wildman–Crippen LogP) is 3.25. The van der Waals surface area contributed by atoms with Crippen molar-refractivity contribution >= 4 is 39.1 Å². The maximum Gasteiger partial charge on any atom is 0.183 e. The molecule has 2 rings (SSSR count). The van der Waals surface area contributed by atoms with Gasteiger partial charge in [-0.15, -0.1) is 11.3 Å². The van der Waals surface area contributed by atoms with Crippen LogP contribution in [0.3, 0.4) is 0 Å². The lowest BCUT2D eigenvalue weighted by molar-refractivity contribution is -0.108. The third-order valence-corrected chi connectivity index (χ3v) is 5.21. The fourth-order valence-corrected chi connectivity index (χ4v) is 3.57. The second-order valence-corrected chi connectivity index (χ2v) is 7.66. The Morgan fingerprint density at radius 3 is 2.60 bits per heavy atom. The lowest BCUT2D eigenvalue weighted by atomic mass is 9.94. The fourth-order valence-electron chi connectivity index (χ4n) is 1.81. The summed E-state index contributed by atoms with van der Waals surface area (Å²) in [6, 6.07) is 1.80. The fraction of sp³-hybridized carbons (Fsp3) is 0.214. The molecule has 0 bridgehead atoms. The maximum absolute atomic E-state index is 11.4.